The molecule has 0 aromatic heterocycles. The number of hydrogen-bond donors (Lipinski definition) is 0. The van der Waals surface area contributed by atoms with Crippen LogP contribution in [0.25, 0.3) is 0 Å². The molecule has 80 valence electrons. The molecular formula is C9H14CrO4. The van der Waals surface area contributed by atoms with Crippen LogP contribution in [0.3, 0.4) is 0 Å². The van der Waals surface area contributed by atoms with Gasteiger partial charge in [0.15, 0.2) is 0 Å². The van der Waals surface area contributed by atoms with E-state index in [0.29, 0.717) is 0 Å². The van der Waals surface area contributed by atoms with Gasteiger partial charge in [-0.3, -0.25) is 0 Å². The van der Waals surface area contributed by atoms with Crippen LogP contribution in [-0.2, 0) is 30.1 Å². The van der Waals surface area contributed by atoms with E-state index in [4.69, 9.17) is 4.74 Å². The third-order valence-electron chi connectivity index (χ3n) is 1.37. The fourth-order valence-corrected chi connectivity index (χ4v) is 0.848. The van der Waals surface area contributed by atoms with Crippen molar-refractivity contribution in [1.82, 2.24) is 0 Å². The standard InChI is InChI=1S/C9H14O4.Cr/c1-11-7-5-3-4-6-8-13-9(10)12-2;/h4,6H,3,5,8H2,1-2H3;/b6-4+;. The van der Waals surface area contributed by atoms with Crippen LogP contribution in [0.15, 0.2) is 12.2 Å². The summed E-state index contributed by atoms with van der Waals surface area (Å²) in [6, 6.07) is 0. The third kappa shape index (κ3) is 7.99. The van der Waals surface area contributed by atoms with Gasteiger partial charge in [0, 0.05) is 0 Å². The van der Waals surface area contributed by atoms with Gasteiger partial charge in [0.05, 0.1) is 0 Å². The molecule has 0 saturated carbocycles. The van der Waals surface area contributed by atoms with E-state index in [0.717, 1.165) is 17.4 Å². The molecule has 0 aliphatic carbocycles. The first kappa shape index (κ1) is 13.4. The Morgan fingerprint density at radius 2 is 2.00 bits per heavy atom. The van der Waals surface area contributed by atoms with Crippen LogP contribution in [0, 0.1) is 0 Å². The van der Waals surface area contributed by atoms with E-state index >= 15 is 0 Å². The molecule has 0 rings (SSSR count). The molecule has 0 amide bonds. The SMILES string of the molecule is COC(=O)OC/C=C/CC[C](=[Cr])OC. The van der Waals surface area contributed by atoms with Gasteiger partial charge in [-0.2, -0.15) is 0 Å². The molecule has 5 heteroatoms. The van der Waals surface area contributed by atoms with Gasteiger partial charge >= 0.3 is 91.4 Å². The minimum atomic E-state index is -0.664. The van der Waals surface area contributed by atoms with E-state index in [1.54, 1.807) is 13.2 Å². The topological polar surface area (TPSA) is 44.8 Å². The first-order chi connectivity index (χ1) is 6.70. The fourth-order valence-electron chi connectivity index (χ4n) is 0.664. The number of rotatable bonds is 6. The molecule has 0 N–H and O–H groups in total. The molecular weight excluding hydrogens is 224 g/mol. The van der Waals surface area contributed by atoms with Crippen molar-refractivity contribution in [3.63, 3.8) is 0 Å². The molecule has 0 heterocycles. The van der Waals surface area contributed by atoms with Crippen molar-refractivity contribution in [3.8, 4) is 0 Å². The maximum absolute atomic E-state index is 10.5. The molecule has 0 fully saturated rings. The third-order valence-corrected chi connectivity index (χ3v) is 1.95. The fraction of sp³-hybridized carbons (Fsp3) is 0.556. The van der Waals surface area contributed by atoms with Crippen molar-refractivity contribution in [2.24, 2.45) is 0 Å². The summed E-state index contributed by atoms with van der Waals surface area (Å²) in [5.74, 6) is 0. The first-order valence-corrected chi connectivity index (χ1v) is 4.77. The monoisotopic (exact) mass is 238 g/mol. The number of carbonyl (C=O) groups excluding carboxylic acids is 1. The van der Waals surface area contributed by atoms with Crippen LogP contribution in [0.5, 0.6) is 0 Å². The second kappa shape index (κ2) is 8.95. The Labute approximate surface area is 91.8 Å². The average Bonchev–Trinajstić information content (AvgIpc) is 2.22. The molecule has 0 saturated heterocycles. The number of allylic oxidation sites excluding steroid dienone is 1. The predicted molar refractivity (Wildman–Crippen MR) is 48.7 cm³/mol. The summed E-state index contributed by atoms with van der Waals surface area (Å²) in [4.78, 5) is 10.5. The Balaban J connectivity index is 3.36. The molecule has 0 aromatic carbocycles. The number of hydrogen-bond acceptors (Lipinski definition) is 4. The van der Waals surface area contributed by atoms with Crippen molar-refractivity contribution in [1.29, 1.82) is 0 Å². The van der Waals surface area contributed by atoms with E-state index in [2.05, 4.69) is 25.3 Å². The first-order valence-electron chi connectivity index (χ1n) is 4.13. The summed E-state index contributed by atoms with van der Waals surface area (Å²) in [7, 11) is 2.90. The summed E-state index contributed by atoms with van der Waals surface area (Å²) in [5, 5.41) is 0. The van der Waals surface area contributed by atoms with Crippen LogP contribution in [0.2, 0.25) is 0 Å². The van der Waals surface area contributed by atoms with Crippen LogP contribution in [-0.4, -0.2) is 31.5 Å². The zero-order chi connectivity index (χ0) is 10.8. The molecule has 14 heavy (non-hydrogen) atoms. The Bertz CT molecular complexity index is 191. The van der Waals surface area contributed by atoms with E-state index in [1.807, 2.05) is 6.08 Å². The molecule has 0 bridgehead atoms. The van der Waals surface area contributed by atoms with Crippen molar-refractivity contribution >= 4 is 10.7 Å². The van der Waals surface area contributed by atoms with Crippen LogP contribution >= 0.6 is 0 Å². The van der Waals surface area contributed by atoms with Crippen LogP contribution in [0.1, 0.15) is 12.8 Å². The summed E-state index contributed by atoms with van der Waals surface area (Å²) < 4.78 is 14.7. The average molecular weight is 238 g/mol. The van der Waals surface area contributed by atoms with Gasteiger partial charge in [0.25, 0.3) is 0 Å². The van der Waals surface area contributed by atoms with Gasteiger partial charge in [-0.15, -0.1) is 0 Å². The summed E-state index contributed by atoms with van der Waals surface area (Å²) in [6.07, 6.45) is 4.69. The second-order valence-corrected chi connectivity index (χ2v) is 3.06. The number of carbonyl (C=O) groups is 1. The summed E-state index contributed by atoms with van der Waals surface area (Å²) in [6.45, 7) is 0.239. The van der Waals surface area contributed by atoms with Gasteiger partial charge < -0.3 is 0 Å². The normalized spacial score (nSPS) is 10.1. The van der Waals surface area contributed by atoms with Crippen molar-refractivity contribution < 1.29 is 34.9 Å². The predicted octanol–water partition coefficient (Wildman–Crippen LogP) is 1.43. The number of ether oxygens (including phenoxy) is 3. The van der Waals surface area contributed by atoms with Gasteiger partial charge in [-0.05, 0) is 0 Å². The van der Waals surface area contributed by atoms with Crippen LogP contribution in [0.4, 0.5) is 4.79 Å². The summed E-state index contributed by atoms with van der Waals surface area (Å²) in [5.41, 5.74) is 0. The molecule has 0 aliphatic heterocycles. The zero-order valence-electron chi connectivity index (χ0n) is 8.32. The van der Waals surface area contributed by atoms with E-state index in [-0.39, 0.29) is 6.61 Å². The minimum absolute atomic E-state index is 0.239. The Kier molecular flexibility index (Phi) is 8.55. The number of methoxy groups -OCH3 is 2. The Morgan fingerprint density at radius 1 is 1.29 bits per heavy atom. The molecule has 0 radical (unpaired) electrons. The van der Waals surface area contributed by atoms with E-state index in [9.17, 15) is 4.79 Å². The van der Waals surface area contributed by atoms with Gasteiger partial charge in [-0.1, -0.05) is 0 Å². The quantitative estimate of drug-likeness (QED) is 0.518. The second-order valence-electron chi connectivity index (χ2n) is 2.35. The zero-order valence-corrected chi connectivity index (χ0v) is 9.59. The molecule has 0 spiro atoms. The van der Waals surface area contributed by atoms with Crippen LogP contribution < -0.4 is 0 Å². The molecule has 4 nitrogen and oxygen atoms in total. The molecule has 0 atom stereocenters. The maximum atomic E-state index is 10.5. The van der Waals surface area contributed by atoms with E-state index in [1.165, 1.54) is 7.11 Å². The van der Waals surface area contributed by atoms with Gasteiger partial charge in [-0.25, -0.2) is 0 Å². The summed E-state index contributed by atoms with van der Waals surface area (Å²) >= 11 is 2.80. The van der Waals surface area contributed by atoms with Crippen molar-refractivity contribution in [2.45, 2.75) is 12.8 Å². The molecule has 0 aromatic rings. The Morgan fingerprint density at radius 3 is 2.57 bits per heavy atom. The van der Waals surface area contributed by atoms with E-state index < -0.39 is 6.16 Å². The van der Waals surface area contributed by atoms with Crippen molar-refractivity contribution in [2.75, 3.05) is 20.8 Å². The Hall–Kier alpha value is -0.628. The molecule has 0 aliphatic rings. The van der Waals surface area contributed by atoms with Gasteiger partial charge in [0.1, 0.15) is 0 Å². The van der Waals surface area contributed by atoms with Crippen molar-refractivity contribution in [3.05, 3.63) is 12.2 Å². The molecule has 0 unspecified atom stereocenters. The van der Waals surface area contributed by atoms with Gasteiger partial charge in [0.2, 0.25) is 0 Å².